The molecule has 108 valence electrons. The molecule has 21 heavy (non-hydrogen) atoms. The number of nitrogens with one attached hydrogen (secondary N) is 2. The maximum atomic E-state index is 12.3. The molecule has 2 N–H and O–H groups in total. The van der Waals surface area contributed by atoms with Gasteiger partial charge in [-0.3, -0.25) is 4.72 Å². The van der Waals surface area contributed by atoms with Crippen LogP contribution >= 0.6 is 0 Å². The monoisotopic (exact) mass is 302 g/mol. The van der Waals surface area contributed by atoms with Gasteiger partial charge in [0.05, 0.1) is 11.4 Å². The quantitative estimate of drug-likeness (QED) is 0.773. The Morgan fingerprint density at radius 3 is 2.62 bits per heavy atom. The maximum Gasteiger partial charge on any atom is 0.236 e. The Morgan fingerprint density at radius 2 is 1.86 bits per heavy atom. The van der Waals surface area contributed by atoms with Crippen molar-refractivity contribution in [3.63, 3.8) is 0 Å². The van der Waals surface area contributed by atoms with E-state index in [0.717, 1.165) is 11.1 Å². The molecule has 1 aromatic heterocycles. The van der Waals surface area contributed by atoms with Crippen molar-refractivity contribution in [3.05, 3.63) is 53.6 Å². The summed E-state index contributed by atoms with van der Waals surface area (Å²) in [5.74, 6) is -0.0818. The van der Waals surface area contributed by atoms with Crippen LogP contribution in [0.1, 0.15) is 11.1 Å². The van der Waals surface area contributed by atoms with Crippen LogP contribution in [-0.2, 0) is 15.8 Å². The number of sulfonamides is 1. The van der Waals surface area contributed by atoms with Crippen LogP contribution in [-0.4, -0.2) is 23.8 Å². The third-order valence-corrected chi connectivity index (χ3v) is 4.33. The molecule has 0 atom stereocenters. The Bertz CT molecular complexity index is 869. The second kappa shape index (κ2) is 5.17. The van der Waals surface area contributed by atoms with Gasteiger partial charge in [0.25, 0.3) is 0 Å². The fraction of sp³-hybridized carbons (Fsp3) is 0.143. The number of benzene rings is 2. The average Bonchev–Trinajstić information content (AvgIpc) is 2.90. The van der Waals surface area contributed by atoms with E-state index in [0.29, 0.717) is 16.7 Å². The molecule has 0 radical (unpaired) electrons. The van der Waals surface area contributed by atoms with Crippen LogP contribution in [0.15, 0.2) is 42.5 Å². The third-order valence-electron chi connectivity index (χ3n) is 3.09. The number of H-pyrrole nitrogens is 1. The minimum Gasteiger partial charge on any atom is -0.281 e. The fourth-order valence-corrected chi connectivity index (χ4v) is 3.26. The van der Waals surface area contributed by atoms with E-state index in [4.69, 9.17) is 0 Å². The SMILES string of the molecule is Cc1ccc(CS(=O)(=O)Nc2cccc3n[nH]nc23)cc1. The van der Waals surface area contributed by atoms with E-state index in [2.05, 4.69) is 20.1 Å². The molecule has 0 saturated carbocycles. The summed E-state index contributed by atoms with van der Waals surface area (Å²) in [5.41, 5.74) is 3.38. The molecular weight excluding hydrogens is 288 g/mol. The van der Waals surface area contributed by atoms with Gasteiger partial charge in [0.2, 0.25) is 10.0 Å². The molecule has 0 aliphatic rings. The van der Waals surface area contributed by atoms with E-state index < -0.39 is 10.0 Å². The van der Waals surface area contributed by atoms with Crippen LogP contribution < -0.4 is 4.72 Å². The second-order valence-corrected chi connectivity index (χ2v) is 6.57. The number of aryl methyl sites for hydroxylation is 1. The first-order valence-corrected chi connectivity index (χ1v) is 8.04. The van der Waals surface area contributed by atoms with Gasteiger partial charge in [-0.25, -0.2) is 8.42 Å². The molecule has 0 bridgehead atoms. The summed E-state index contributed by atoms with van der Waals surface area (Å²) >= 11 is 0. The lowest BCUT2D eigenvalue weighted by Crippen LogP contribution is -2.15. The number of rotatable bonds is 4. The fourth-order valence-electron chi connectivity index (χ4n) is 2.06. The molecule has 0 saturated heterocycles. The van der Waals surface area contributed by atoms with Crippen LogP contribution in [0.3, 0.4) is 0 Å². The summed E-state index contributed by atoms with van der Waals surface area (Å²) < 4.78 is 27.1. The molecule has 3 aromatic rings. The summed E-state index contributed by atoms with van der Waals surface area (Å²) in [7, 11) is -3.50. The Balaban J connectivity index is 1.86. The molecule has 0 amide bonds. The van der Waals surface area contributed by atoms with E-state index in [1.807, 2.05) is 31.2 Å². The van der Waals surface area contributed by atoms with Crippen LogP contribution in [0.2, 0.25) is 0 Å². The molecule has 2 aromatic carbocycles. The predicted molar refractivity (Wildman–Crippen MR) is 81.3 cm³/mol. The van der Waals surface area contributed by atoms with Gasteiger partial charge in [-0.2, -0.15) is 15.4 Å². The van der Waals surface area contributed by atoms with Crippen molar-refractivity contribution < 1.29 is 8.42 Å². The number of aromatic amines is 1. The number of para-hydroxylation sites is 1. The molecular formula is C14H14N4O2S. The Morgan fingerprint density at radius 1 is 1.10 bits per heavy atom. The van der Waals surface area contributed by atoms with Crippen molar-refractivity contribution in [3.8, 4) is 0 Å². The summed E-state index contributed by atoms with van der Waals surface area (Å²) in [6.45, 7) is 1.96. The largest absolute Gasteiger partial charge is 0.281 e. The minimum atomic E-state index is -3.50. The van der Waals surface area contributed by atoms with Crippen LogP contribution in [0.5, 0.6) is 0 Å². The molecule has 1 heterocycles. The van der Waals surface area contributed by atoms with Crippen LogP contribution in [0.25, 0.3) is 11.0 Å². The molecule has 0 aliphatic heterocycles. The summed E-state index contributed by atoms with van der Waals surface area (Å²) in [5, 5.41) is 10.4. The predicted octanol–water partition coefficient (Wildman–Crippen LogP) is 2.21. The zero-order valence-electron chi connectivity index (χ0n) is 11.4. The van der Waals surface area contributed by atoms with Crippen molar-refractivity contribution in [2.75, 3.05) is 4.72 Å². The summed E-state index contributed by atoms with van der Waals surface area (Å²) in [6.07, 6.45) is 0. The molecule has 0 spiro atoms. The first-order chi connectivity index (χ1) is 10.0. The van der Waals surface area contributed by atoms with E-state index >= 15 is 0 Å². The zero-order valence-corrected chi connectivity index (χ0v) is 12.2. The maximum absolute atomic E-state index is 12.3. The van der Waals surface area contributed by atoms with Gasteiger partial charge in [-0.1, -0.05) is 35.9 Å². The number of nitrogens with zero attached hydrogens (tertiary/aromatic N) is 2. The second-order valence-electron chi connectivity index (χ2n) is 4.84. The molecule has 6 nitrogen and oxygen atoms in total. The van der Waals surface area contributed by atoms with Gasteiger partial charge in [0.1, 0.15) is 11.0 Å². The lowest BCUT2D eigenvalue weighted by molar-refractivity contribution is 0.600. The van der Waals surface area contributed by atoms with Gasteiger partial charge in [0, 0.05) is 0 Å². The molecule has 7 heteroatoms. The van der Waals surface area contributed by atoms with E-state index in [-0.39, 0.29) is 5.75 Å². The normalized spacial score (nSPS) is 11.7. The standard InChI is InChI=1S/C14H14N4O2S/c1-10-5-7-11(8-6-10)9-21(19,20)17-13-4-2-3-12-14(13)16-18-15-12/h2-8,17H,9H2,1H3,(H,15,16,18). The third kappa shape index (κ3) is 3.03. The number of hydrogen-bond acceptors (Lipinski definition) is 4. The summed E-state index contributed by atoms with van der Waals surface area (Å²) in [4.78, 5) is 0. The van der Waals surface area contributed by atoms with E-state index in [1.54, 1.807) is 18.2 Å². The van der Waals surface area contributed by atoms with Crippen molar-refractivity contribution in [1.82, 2.24) is 15.4 Å². The van der Waals surface area contributed by atoms with Crippen LogP contribution in [0.4, 0.5) is 5.69 Å². The lowest BCUT2D eigenvalue weighted by Gasteiger charge is -2.08. The van der Waals surface area contributed by atoms with Gasteiger partial charge in [-0.05, 0) is 24.6 Å². The molecule has 0 unspecified atom stereocenters. The van der Waals surface area contributed by atoms with Gasteiger partial charge >= 0.3 is 0 Å². The Kier molecular flexibility index (Phi) is 3.34. The average molecular weight is 302 g/mol. The topological polar surface area (TPSA) is 87.7 Å². The lowest BCUT2D eigenvalue weighted by atomic mass is 10.2. The van der Waals surface area contributed by atoms with E-state index in [1.165, 1.54) is 0 Å². The van der Waals surface area contributed by atoms with Gasteiger partial charge < -0.3 is 0 Å². The number of aromatic nitrogens is 3. The Hall–Kier alpha value is -2.41. The highest BCUT2D eigenvalue weighted by molar-refractivity contribution is 7.91. The molecule has 0 aliphatic carbocycles. The first kappa shape index (κ1) is 13.6. The Labute approximate surface area is 122 Å². The van der Waals surface area contributed by atoms with Gasteiger partial charge in [0.15, 0.2) is 0 Å². The highest BCUT2D eigenvalue weighted by Gasteiger charge is 2.14. The van der Waals surface area contributed by atoms with Crippen molar-refractivity contribution in [2.45, 2.75) is 12.7 Å². The summed E-state index contributed by atoms with van der Waals surface area (Å²) in [6, 6.07) is 12.6. The van der Waals surface area contributed by atoms with Crippen molar-refractivity contribution in [2.24, 2.45) is 0 Å². The van der Waals surface area contributed by atoms with Crippen molar-refractivity contribution in [1.29, 1.82) is 0 Å². The number of hydrogen-bond donors (Lipinski definition) is 2. The highest BCUT2D eigenvalue weighted by Crippen LogP contribution is 2.21. The van der Waals surface area contributed by atoms with Crippen molar-refractivity contribution >= 4 is 26.7 Å². The first-order valence-electron chi connectivity index (χ1n) is 6.39. The number of fused-ring (bicyclic) bond motifs is 1. The minimum absolute atomic E-state index is 0.0818. The van der Waals surface area contributed by atoms with E-state index in [9.17, 15) is 8.42 Å². The molecule has 0 fully saturated rings. The van der Waals surface area contributed by atoms with Gasteiger partial charge in [-0.15, -0.1) is 0 Å². The highest BCUT2D eigenvalue weighted by atomic mass is 32.2. The van der Waals surface area contributed by atoms with Crippen LogP contribution in [0, 0.1) is 6.92 Å². The zero-order chi connectivity index (χ0) is 14.9. The molecule has 3 rings (SSSR count). The smallest absolute Gasteiger partial charge is 0.236 e. The number of anilines is 1.